The Bertz CT molecular complexity index is 432. The van der Waals surface area contributed by atoms with Gasteiger partial charge in [0, 0.05) is 12.8 Å². The molecule has 4 heteroatoms. The van der Waals surface area contributed by atoms with Gasteiger partial charge in [-0.1, -0.05) is 155 Å². The van der Waals surface area contributed by atoms with Gasteiger partial charge in [-0.3, -0.25) is 9.59 Å². The summed E-state index contributed by atoms with van der Waals surface area (Å²) in [6.07, 6.45) is 31.4. The van der Waals surface area contributed by atoms with E-state index in [9.17, 15) is 9.59 Å². The van der Waals surface area contributed by atoms with Crippen LogP contribution in [0.1, 0.15) is 182 Å². The molecule has 0 fully saturated rings. The van der Waals surface area contributed by atoms with E-state index < -0.39 is 0 Å². The van der Waals surface area contributed by atoms with Gasteiger partial charge in [0.2, 0.25) is 0 Å². The summed E-state index contributed by atoms with van der Waals surface area (Å²) in [6, 6.07) is 0. The number of ether oxygens (including phenoxy) is 1. The minimum atomic E-state index is -0.330. The van der Waals surface area contributed by atoms with E-state index in [1.165, 1.54) is 128 Å². The zero-order chi connectivity index (χ0) is 24.2. The molecule has 0 aromatic heterocycles. The molecule has 0 aliphatic rings. The normalized spacial score (nSPS) is 10.8. The molecule has 198 valence electrons. The third-order valence-corrected chi connectivity index (χ3v) is 6.70. The Morgan fingerprint density at radius 3 is 0.853 bits per heavy atom. The second kappa shape index (κ2) is 31.2. The molecule has 0 N–H and O–H groups in total. The van der Waals surface area contributed by atoms with Crippen LogP contribution >= 0.6 is 0 Å². The zero-order valence-corrected chi connectivity index (χ0v) is 25.6. The second-order valence-corrected chi connectivity index (χ2v) is 10.1. The van der Waals surface area contributed by atoms with Crippen LogP contribution in [0.25, 0.3) is 0 Å². The molecule has 0 heterocycles. The fourth-order valence-corrected chi connectivity index (χ4v) is 4.45. The molecule has 0 unspecified atom stereocenters. The quantitative estimate of drug-likeness (QED) is 0.0551. The van der Waals surface area contributed by atoms with Crippen molar-refractivity contribution in [2.45, 2.75) is 181 Å². The van der Waals surface area contributed by atoms with Gasteiger partial charge in [0.25, 0.3) is 0 Å². The first kappa shape index (κ1) is 36.3. The van der Waals surface area contributed by atoms with E-state index in [4.69, 9.17) is 4.74 Å². The largest absolute Gasteiger partial charge is 1.00 e. The molecule has 0 spiro atoms. The van der Waals surface area contributed by atoms with Crippen LogP contribution in [0.15, 0.2) is 0 Å². The Hall–Kier alpha value is 0.140. The Kier molecular flexibility index (Phi) is 33.3. The molecule has 0 aromatic rings. The van der Waals surface area contributed by atoms with Crippen molar-refractivity contribution in [3.8, 4) is 0 Å². The van der Waals surface area contributed by atoms with Gasteiger partial charge in [-0.2, -0.15) is 0 Å². The number of carbonyl (C=O) groups is 2. The van der Waals surface area contributed by atoms with Crippen molar-refractivity contribution in [3.63, 3.8) is 0 Å². The van der Waals surface area contributed by atoms with Crippen LogP contribution in [0.4, 0.5) is 0 Å². The molecule has 0 bridgehead atoms. The Balaban J connectivity index is -0.00000512. The smallest absolute Gasteiger partial charge is 1.00 e. The van der Waals surface area contributed by atoms with Crippen LogP contribution in [0.3, 0.4) is 0 Å². The van der Waals surface area contributed by atoms with E-state index >= 15 is 0 Å². The maximum atomic E-state index is 11.8. The fourth-order valence-electron chi connectivity index (χ4n) is 4.45. The number of rotatable bonds is 26. The van der Waals surface area contributed by atoms with Crippen LogP contribution < -0.4 is 29.6 Å². The molecule has 0 rings (SSSR count). The third-order valence-electron chi connectivity index (χ3n) is 6.70. The maximum absolute atomic E-state index is 11.8. The van der Waals surface area contributed by atoms with Crippen molar-refractivity contribution in [2.24, 2.45) is 0 Å². The van der Waals surface area contributed by atoms with Crippen molar-refractivity contribution in [2.75, 3.05) is 0 Å². The van der Waals surface area contributed by atoms with Gasteiger partial charge in [-0.25, -0.2) is 0 Å². The van der Waals surface area contributed by atoms with Gasteiger partial charge in [-0.05, 0) is 12.8 Å². The van der Waals surface area contributed by atoms with Crippen molar-refractivity contribution >= 4 is 11.9 Å². The van der Waals surface area contributed by atoms with Crippen LogP contribution in [-0.4, -0.2) is 11.9 Å². The van der Waals surface area contributed by atoms with E-state index in [2.05, 4.69) is 13.8 Å². The second-order valence-electron chi connectivity index (χ2n) is 10.1. The van der Waals surface area contributed by atoms with Crippen molar-refractivity contribution in [1.29, 1.82) is 0 Å². The first-order valence-corrected chi connectivity index (χ1v) is 14.9. The molecule has 0 saturated carbocycles. The molecule has 0 aromatic carbocycles. The zero-order valence-electron chi connectivity index (χ0n) is 24.6. The first-order chi connectivity index (χ1) is 16.2. The topological polar surface area (TPSA) is 43.4 Å². The average Bonchev–Trinajstić information content (AvgIpc) is 2.80. The Morgan fingerprint density at radius 1 is 0.412 bits per heavy atom. The van der Waals surface area contributed by atoms with Gasteiger partial charge >= 0.3 is 41.5 Å². The monoisotopic (exact) mass is 490 g/mol. The number of esters is 2. The molecule has 0 saturated heterocycles. The van der Waals surface area contributed by atoms with Gasteiger partial charge in [0.15, 0.2) is 0 Å². The predicted molar refractivity (Wildman–Crippen MR) is 144 cm³/mol. The molecular formula is C30H59NaO3. The summed E-state index contributed by atoms with van der Waals surface area (Å²) in [7, 11) is 0. The summed E-state index contributed by atoms with van der Waals surface area (Å²) in [4.78, 5) is 23.6. The van der Waals surface area contributed by atoms with Crippen LogP contribution in [0.2, 0.25) is 0 Å². The SMILES string of the molecule is CCCCCCCCCCCCCCCCCC(=O)OC(=O)CCCCCCCCCCC.[H-].[Na+]. The molecule has 34 heavy (non-hydrogen) atoms. The van der Waals surface area contributed by atoms with E-state index in [0.717, 1.165) is 25.7 Å². The average molecular weight is 491 g/mol. The number of carbonyl (C=O) groups excluding carboxylic acids is 2. The molecule has 0 aliphatic carbocycles. The van der Waals surface area contributed by atoms with E-state index in [1.807, 2.05) is 0 Å². The molecule has 0 radical (unpaired) electrons. The van der Waals surface area contributed by atoms with E-state index in [1.54, 1.807) is 0 Å². The van der Waals surface area contributed by atoms with Crippen LogP contribution in [0.5, 0.6) is 0 Å². The van der Waals surface area contributed by atoms with Crippen LogP contribution in [0, 0.1) is 0 Å². The van der Waals surface area contributed by atoms with Crippen molar-refractivity contribution < 1.29 is 45.3 Å². The molecule has 0 atom stereocenters. The molecule has 0 aliphatic heterocycles. The van der Waals surface area contributed by atoms with Gasteiger partial charge in [-0.15, -0.1) is 0 Å². The van der Waals surface area contributed by atoms with E-state index in [0.29, 0.717) is 12.8 Å². The standard InChI is InChI=1S/C30H58O3.Na.H/c1-3-5-7-9-11-13-14-15-16-17-18-20-22-24-26-28-30(32)33-29(31)27-25-23-21-19-12-10-8-6-4-2;;/h3-28H2,1-2H3;;/q;+1;-1. The molecule has 0 amide bonds. The minimum Gasteiger partial charge on any atom is -1.00 e. The molecule has 3 nitrogen and oxygen atoms in total. The van der Waals surface area contributed by atoms with Gasteiger partial charge in [0.1, 0.15) is 0 Å². The minimum absolute atomic E-state index is 0. The predicted octanol–water partition coefficient (Wildman–Crippen LogP) is 7.36. The summed E-state index contributed by atoms with van der Waals surface area (Å²) >= 11 is 0. The van der Waals surface area contributed by atoms with Gasteiger partial charge < -0.3 is 6.16 Å². The fraction of sp³-hybridized carbons (Fsp3) is 0.933. The number of unbranched alkanes of at least 4 members (excludes halogenated alkanes) is 22. The Morgan fingerprint density at radius 2 is 0.618 bits per heavy atom. The molecular weight excluding hydrogens is 431 g/mol. The third kappa shape index (κ3) is 30.2. The van der Waals surface area contributed by atoms with Crippen molar-refractivity contribution in [1.82, 2.24) is 0 Å². The van der Waals surface area contributed by atoms with E-state index in [-0.39, 0.29) is 42.9 Å². The summed E-state index contributed by atoms with van der Waals surface area (Å²) in [6.45, 7) is 4.51. The van der Waals surface area contributed by atoms with Gasteiger partial charge in [0.05, 0.1) is 0 Å². The van der Waals surface area contributed by atoms with Crippen LogP contribution in [-0.2, 0) is 14.3 Å². The maximum Gasteiger partial charge on any atom is 1.00 e. The van der Waals surface area contributed by atoms with Crippen molar-refractivity contribution in [3.05, 3.63) is 0 Å². The summed E-state index contributed by atoms with van der Waals surface area (Å²) < 4.78 is 4.96. The summed E-state index contributed by atoms with van der Waals surface area (Å²) in [5.74, 6) is -0.658. The summed E-state index contributed by atoms with van der Waals surface area (Å²) in [5, 5.41) is 0. The number of hydrogen-bond acceptors (Lipinski definition) is 3. The summed E-state index contributed by atoms with van der Waals surface area (Å²) in [5.41, 5.74) is 0. The first-order valence-electron chi connectivity index (χ1n) is 14.9. The Labute approximate surface area is 237 Å². The number of hydrogen-bond donors (Lipinski definition) is 0.